The summed E-state index contributed by atoms with van der Waals surface area (Å²) < 4.78 is 0. The van der Waals surface area contributed by atoms with Gasteiger partial charge in [-0.3, -0.25) is 4.98 Å². The van der Waals surface area contributed by atoms with Crippen LogP contribution in [0.1, 0.15) is 36.5 Å². The highest BCUT2D eigenvalue weighted by Gasteiger charge is 2.09. The minimum Gasteiger partial charge on any atom is -0.314 e. The van der Waals surface area contributed by atoms with E-state index in [1.165, 1.54) is 29.5 Å². The average Bonchev–Trinajstić information content (AvgIpc) is 2.51. The summed E-state index contributed by atoms with van der Waals surface area (Å²) in [6.45, 7) is 5.46. The minimum atomic E-state index is 0.523. The van der Waals surface area contributed by atoms with E-state index in [-0.39, 0.29) is 0 Å². The Hall–Kier alpha value is -1.67. The first-order valence-corrected chi connectivity index (χ1v) is 7.95. The molecule has 2 rings (SSSR count). The highest BCUT2D eigenvalue weighted by Crippen LogP contribution is 2.11. The van der Waals surface area contributed by atoms with Crippen molar-refractivity contribution in [2.45, 2.75) is 45.6 Å². The van der Waals surface area contributed by atoms with Gasteiger partial charge in [-0.1, -0.05) is 42.8 Å². The molecule has 1 heterocycles. The highest BCUT2D eigenvalue weighted by molar-refractivity contribution is 5.22. The first kappa shape index (κ1) is 15.7. The SMILES string of the molecule is CCCNC(CCc1cccc(C)c1)Cc1cccnc1. The number of nitrogens with one attached hydrogen (secondary N) is 1. The van der Waals surface area contributed by atoms with Crippen LogP contribution in [0.15, 0.2) is 48.8 Å². The molecule has 0 saturated carbocycles. The Kier molecular flexibility index (Phi) is 6.42. The van der Waals surface area contributed by atoms with Gasteiger partial charge in [-0.2, -0.15) is 0 Å². The van der Waals surface area contributed by atoms with E-state index in [9.17, 15) is 0 Å². The van der Waals surface area contributed by atoms with E-state index in [4.69, 9.17) is 0 Å². The fourth-order valence-electron chi connectivity index (χ4n) is 2.64. The number of rotatable bonds is 8. The molecule has 0 aliphatic heterocycles. The van der Waals surface area contributed by atoms with Crippen molar-refractivity contribution in [2.24, 2.45) is 0 Å². The molecule has 0 radical (unpaired) electrons. The van der Waals surface area contributed by atoms with Gasteiger partial charge in [0.1, 0.15) is 0 Å². The van der Waals surface area contributed by atoms with Gasteiger partial charge in [-0.25, -0.2) is 0 Å². The van der Waals surface area contributed by atoms with E-state index in [0.29, 0.717) is 6.04 Å². The molecule has 0 bridgehead atoms. The van der Waals surface area contributed by atoms with E-state index in [1.807, 2.05) is 18.5 Å². The van der Waals surface area contributed by atoms with E-state index in [0.717, 1.165) is 19.4 Å². The van der Waals surface area contributed by atoms with Gasteiger partial charge in [-0.15, -0.1) is 0 Å². The van der Waals surface area contributed by atoms with Crippen molar-refractivity contribution in [3.05, 3.63) is 65.5 Å². The number of aryl methyl sites for hydroxylation is 2. The van der Waals surface area contributed by atoms with Gasteiger partial charge < -0.3 is 5.32 Å². The van der Waals surface area contributed by atoms with Gasteiger partial charge in [0, 0.05) is 18.4 Å². The molecule has 0 saturated heterocycles. The Morgan fingerprint density at radius 2 is 2.00 bits per heavy atom. The summed E-state index contributed by atoms with van der Waals surface area (Å²) in [5.41, 5.74) is 4.10. The first-order chi connectivity index (χ1) is 10.3. The Morgan fingerprint density at radius 1 is 1.14 bits per heavy atom. The standard InChI is InChI=1S/C19H26N2/c1-3-11-21-19(14-18-8-5-12-20-15-18)10-9-17-7-4-6-16(2)13-17/h4-8,12-13,15,19,21H,3,9-11,14H2,1-2H3. The second kappa shape index (κ2) is 8.58. The molecule has 0 spiro atoms. The lowest BCUT2D eigenvalue weighted by Gasteiger charge is -2.18. The summed E-state index contributed by atoms with van der Waals surface area (Å²) in [6.07, 6.45) is 8.34. The maximum atomic E-state index is 4.22. The highest BCUT2D eigenvalue weighted by atomic mass is 14.9. The molecule has 2 heteroatoms. The molecule has 112 valence electrons. The number of pyridine rings is 1. The predicted molar refractivity (Wildman–Crippen MR) is 89.5 cm³/mol. The van der Waals surface area contributed by atoms with E-state index in [1.54, 1.807) is 0 Å². The third-order valence-electron chi connectivity index (χ3n) is 3.75. The summed E-state index contributed by atoms with van der Waals surface area (Å²) >= 11 is 0. The second-order valence-electron chi connectivity index (χ2n) is 5.74. The zero-order valence-corrected chi connectivity index (χ0v) is 13.2. The maximum absolute atomic E-state index is 4.22. The fraction of sp³-hybridized carbons (Fsp3) is 0.421. The molecule has 1 aromatic carbocycles. The molecule has 0 aliphatic rings. The molecule has 2 aromatic rings. The van der Waals surface area contributed by atoms with E-state index in [2.05, 4.69) is 54.5 Å². The Labute approximate surface area is 128 Å². The summed E-state index contributed by atoms with van der Waals surface area (Å²) in [4.78, 5) is 4.22. The quantitative estimate of drug-likeness (QED) is 0.793. The van der Waals surface area contributed by atoms with E-state index < -0.39 is 0 Å². The van der Waals surface area contributed by atoms with Crippen LogP contribution in [0, 0.1) is 6.92 Å². The predicted octanol–water partition coefficient (Wildman–Crippen LogP) is 3.93. The Balaban J connectivity index is 1.92. The minimum absolute atomic E-state index is 0.523. The summed E-state index contributed by atoms with van der Waals surface area (Å²) in [7, 11) is 0. The van der Waals surface area contributed by atoms with Gasteiger partial charge in [0.2, 0.25) is 0 Å². The zero-order valence-electron chi connectivity index (χ0n) is 13.2. The van der Waals surface area contributed by atoms with Crippen molar-refractivity contribution in [2.75, 3.05) is 6.54 Å². The smallest absolute Gasteiger partial charge is 0.0300 e. The van der Waals surface area contributed by atoms with Crippen LogP contribution in [0.3, 0.4) is 0 Å². The van der Waals surface area contributed by atoms with Crippen molar-refractivity contribution < 1.29 is 0 Å². The van der Waals surface area contributed by atoms with Crippen molar-refractivity contribution in [3.8, 4) is 0 Å². The lowest BCUT2D eigenvalue weighted by atomic mass is 9.99. The number of aromatic nitrogens is 1. The molecular weight excluding hydrogens is 256 g/mol. The maximum Gasteiger partial charge on any atom is 0.0300 e. The van der Waals surface area contributed by atoms with Gasteiger partial charge in [0.05, 0.1) is 0 Å². The molecule has 1 unspecified atom stereocenters. The second-order valence-corrected chi connectivity index (χ2v) is 5.74. The van der Waals surface area contributed by atoms with Crippen LogP contribution in [-0.2, 0) is 12.8 Å². The Morgan fingerprint density at radius 3 is 2.71 bits per heavy atom. The third-order valence-corrected chi connectivity index (χ3v) is 3.75. The van der Waals surface area contributed by atoms with Crippen molar-refractivity contribution in [3.63, 3.8) is 0 Å². The average molecular weight is 282 g/mol. The molecule has 0 aliphatic carbocycles. The normalized spacial score (nSPS) is 12.3. The monoisotopic (exact) mass is 282 g/mol. The Bertz CT molecular complexity index is 522. The number of hydrogen-bond donors (Lipinski definition) is 1. The van der Waals surface area contributed by atoms with Crippen LogP contribution in [0.25, 0.3) is 0 Å². The van der Waals surface area contributed by atoms with Crippen LogP contribution in [0.4, 0.5) is 0 Å². The summed E-state index contributed by atoms with van der Waals surface area (Å²) in [5.74, 6) is 0. The van der Waals surface area contributed by atoms with Crippen LogP contribution in [-0.4, -0.2) is 17.6 Å². The first-order valence-electron chi connectivity index (χ1n) is 7.95. The van der Waals surface area contributed by atoms with Crippen molar-refractivity contribution in [1.29, 1.82) is 0 Å². The molecule has 21 heavy (non-hydrogen) atoms. The lowest BCUT2D eigenvalue weighted by Crippen LogP contribution is -2.32. The number of hydrogen-bond acceptors (Lipinski definition) is 2. The van der Waals surface area contributed by atoms with Gasteiger partial charge in [0.25, 0.3) is 0 Å². The van der Waals surface area contributed by atoms with Gasteiger partial charge in [-0.05, 0) is 56.3 Å². The molecular formula is C19H26N2. The van der Waals surface area contributed by atoms with Crippen LogP contribution < -0.4 is 5.32 Å². The summed E-state index contributed by atoms with van der Waals surface area (Å²) in [5, 5.41) is 3.67. The summed E-state index contributed by atoms with van der Waals surface area (Å²) in [6, 6.07) is 13.5. The molecule has 2 nitrogen and oxygen atoms in total. The molecule has 1 N–H and O–H groups in total. The topological polar surface area (TPSA) is 24.9 Å². The number of benzene rings is 1. The molecule has 0 fully saturated rings. The number of nitrogens with zero attached hydrogens (tertiary/aromatic N) is 1. The largest absolute Gasteiger partial charge is 0.314 e. The van der Waals surface area contributed by atoms with Crippen LogP contribution in [0.2, 0.25) is 0 Å². The van der Waals surface area contributed by atoms with Crippen LogP contribution >= 0.6 is 0 Å². The van der Waals surface area contributed by atoms with Crippen molar-refractivity contribution in [1.82, 2.24) is 10.3 Å². The molecule has 1 atom stereocenters. The lowest BCUT2D eigenvalue weighted by molar-refractivity contribution is 0.477. The van der Waals surface area contributed by atoms with E-state index >= 15 is 0 Å². The molecule has 0 amide bonds. The van der Waals surface area contributed by atoms with Gasteiger partial charge >= 0.3 is 0 Å². The molecule has 1 aromatic heterocycles. The fourth-order valence-corrected chi connectivity index (χ4v) is 2.64. The third kappa shape index (κ3) is 5.68. The van der Waals surface area contributed by atoms with Gasteiger partial charge in [0.15, 0.2) is 0 Å². The van der Waals surface area contributed by atoms with Crippen molar-refractivity contribution >= 4 is 0 Å². The van der Waals surface area contributed by atoms with Crippen LogP contribution in [0.5, 0.6) is 0 Å². The zero-order chi connectivity index (χ0) is 14.9.